The van der Waals surface area contributed by atoms with Crippen molar-refractivity contribution in [2.24, 2.45) is 11.3 Å². The van der Waals surface area contributed by atoms with E-state index in [4.69, 9.17) is 0 Å². The standard InChI is InChI=1S/C17H24F3NO/c1-12-8-9-16(22,10-15(12,2)3)11-21-14-7-5-4-6-13(14)17(18,19)20/h4-7,12,21-22H,8-11H2,1-3H3. The number of anilines is 1. The second-order valence-corrected chi connectivity index (χ2v) is 7.23. The quantitative estimate of drug-likeness (QED) is 0.848. The summed E-state index contributed by atoms with van der Waals surface area (Å²) in [5.74, 6) is 0.496. The van der Waals surface area contributed by atoms with E-state index in [0.29, 0.717) is 18.8 Å². The Morgan fingerprint density at radius 3 is 2.50 bits per heavy atom. The maximum atomic E-state index is 13.0. The van der Waals surface area contributed by atoms with Crippen molar-refractivity contribution in [3.8, 4) is 0 Å². The van der Waals surface area contributed by atoms with Gasteiger partial charge in [0.1, 0.15) is 0 Å². The van der Waals surface area contributed by atoms with Crippen LogP contribution in [0.25, 0.3) is 0 Å². The van der Waals surface area contributed by atoms with Crippen LogP contribution in [0.1, 0.15) is 45.6 Å². The molecule has 22 heavy (non-hydrogen) atoms. The lowest BCUT2D eigenvalue weighted by Gasteiger charge is -2.46. The zero-order valence-corrected chi connectivity index (χ0v) is 13.3. The zero-order valence-electron chi connectivity index (χ0n) is 13.3. The molecule has 1 fully saturated rings. The summed E-state index contributed by atoms with van der Waals surface area (Å²) in [5.41, 5.74) is -1.64. The minimum Gasteiger partial charge on any atom is -0.388 e. The maximum Gasteiger partial charge on any atom is 0.418 e. The Morgan fingerprint density at radius 1 is 1.27 bits per heavy atom. The first kappa shape index (κ1) is 17.1. The fraction of sp³-hybridized carbons (Fsp3) is 0.647. The molecule has 2 unspecified atom stereocenters. The fourth-order valence-corrected chi connectivity index (χ4v) is 3.28. The van der Waals surface area contributed by atoms with Crippen molar-refractivity contribution in [3.05, 3.63) is 29.8 Å². The van der Waals surface area contributed by atoms with E-state index in [-0.39, 0.29) is 17.6 Å². The molecule has 0 radical (unpaired) electrons. The van der Waals surface area contributed by atoms with Gasteiger partial charge in [-0.2, -0.15) is 13.2 Å². The Balaban J connectivity index is 2.11. The largest absolute Gasteiger partial charge is 0.418 e. The topological polar surface area (TPSA) is 32.3 Å². The van der Waals surface area contributed by atoms with Crippen LogP contribution in [0.15, 0.2) is 24.3 Å². The molecule has 2 N–H and O–H groups in total. The lowest BCUT2D eigenvalue weighted by molar-refractivity contribution is -0.137. The molecule has 2 atom stereocenters. The highest BCUT2D eigenvalue weighted by atomic mass is 19.4. The van der Waals surface area contributed by atoms with Crippen molar-refractivity contribution in [3.63, 3.8) is 0 Å². The van der Waals surface area contributed by atoms with Crippen LogP contribution >= 0.6 is 0 Å². The Morgan fingerprint density at radius 2 is 1.91 bits per heavy atom. The van der Waals surface area contributed by atoms with E-state index in [9.17, 15) is 18.3 Å². The number of rotatable bonds is 3. The van der Waals surface area contributed by atoms with Gasteiger partial charge in [-0.05, 0) is 42.7 Å². The summed E-state index contributed by atoms with van der Waals surface area (Å²) in [4.78, 5) is 0. The molecule has 1 aromatic rings. The third kappa shape index (κ3) is 3.75. The molecule has 1 aliphatic rings. The average Bonchev–Trinajstić information content (AvgIpc) is 2.40. The van der Waals surface area contributed by atoms with Crippen molar-refractivity contribution in [1.82, 2.24) is 0 Å². The zero-order chi connectivity index (χ0) is 16.6. The normalized spacial score (nSPS) is 28.4. The Hall–Kier alpha value is -1.23. The molecular weight excluding hydrogens is 291 g/mol. The van der Waals surface area contributed by atoms with Crippen molar-refractivity contribution in [2.75, 3.05) is 11.9 Å². The molecule has 124 valence electrons. The molecule has 2 nitrogen and oxygen atoms in total. The molecule has 1 aliphatic carbocycles. The predicted octanol–water partition coefficient (Wildman–Crippen LogP) is 4.69. The van der Waals surface area contributed by atoms with Gasteiger partial charge in [-0.1, -0.05) is 32.9 Å². The molecule has 0 aliphatic heterocycles. The van der Waals surface area contributed by atoms with E-state index in [2.05, 4.69) is 26.1 Å². The minimum absolute atomic E-state index is 0.0156. The lowest BCUT2D eigenvalue weighted by atomic mass is 9.64. The van der Waals surface area contributed by atoms with Crippen LogP contribution in [-0.4, -0.2) is 17.3 Å². The van der Waals surface area contributed by atoms with Gasteiger partial charge in [0.15, 0.2) is 0 Å². The van der Waals surface area contributed by atoms with Crippen LogP contribution in [0.4, 0.5) is 18.9 Å². The summed E-state index contributed by atoms with van der Waals surface area (Å²) in [6.45, 7) is 6.50. The summed E-state index contributed by atoms with van der Waals surface area (Å²) >= 11 is 0. The molecular formula is C17H24F3NO. The van der Waals surface area contributed by atoms with Crippen LogP contribution in [0.2, 0.25) is 0 Å². The van der Waals surface area contributed by atoms with Crippen molar-refractivity contribution >= 4 is 5.69 Å². The highest BCUT2D eigenvalue weighted by Crippen LogP contribution is 2.45. The fourth-order valence-electron chi connectivity index (χ4n) is 3.28. The molecule has 5 heteroatoms. The van der Waals surface area contributed by atoms with E-state index in [0.717, 1.165) is 12.5 Å². The van der Waals surface area contributed by atoms with E-state index in [1.165, 1.54) is 12.1 Å². The molecule has 0 heterocycles. The number of alkyl halides is 3. The molecule has 1 saturated carbocycles. The third-order valence-corrected chi connectivity index (χ3v) is 5.00. The first-order valence-corrected chi connectivity index (χ1v) is 7.66. The summed E-state index contributed by atoms with van der Waals surface area (Å²) in [7, 11) is 0. The maximum absolute atomic E-state index is 13.0. The Kier molecular flexibility index (Phi) is 4.49. The number of nitrogens with one attached hydrogen (secondary N) is 1. The van der Waals surface area contributed by atoms with Crippen LogP contribution in [0.3, 0.4) is 0 Å². The van der Waals surface area contributed by atoms with Crippen LogP contribution in [0.5, 0.6) is 0 Å². The van der Waals surface area contributed by atoms with Crippen LogP contribution < -0.4 is 5.32 Å². The number of halogens is 3. The second-order valence-electron chi connectivity index (χ2n) is 7.23. The Bertz CT molecular complexity index is 527. The average molecular weight is 315 g/mol. The van der Waals surface area contributed by atoms with Crippen molar-refractivity contribution < 1.29 is 18.3 Å². The smallest absolute Gasteiger partial charge is 0.388 e. The molecule has 1 aromatic carbocycles. The molecule has 0 bridgehead atoms. The highest BCUT2D eigenvalue weighted by Gasteiger charge is 2.42. The van der Waals surface area contributed by atoms with E-state index >= 15 is 0 Å². The van der Waals surface area contributed by atoms with Gasteiger partial charge in [0.2, 0.25) is 0 Å². The molecule has 0 saturated heterocycles. The van der Waals surface area contributed by atoms with E-state index in [1.807, 2.05) is 0 Å². The third-order valence-electron chi connectivity index (χ3n) is 5.00. The van der Waals surface area contributed by atoms with Gasteiger partial charge in [-0.3, -0.25) is 0 Å². The number of para-hydroxylation sites is 1. The van der Waals surface area contributed by atoms with Gasteiger partial charge in [0.25, 0.3) is 0 Å². The summed E-state index contributed by atoms with van der Waals surface area (Å²) < 4.78 is 38.9. The summed E-state index contributed by atoms with van der Waals surface area (Å²) in [5, 5.41) is 13.5. The minimum atomic E-state index is -4.40. The first-order chi connectivity index (χ1) is 10.0. The monoisotopic (exact) mass is 315 g/mol. The van der Waals surface area contributed by atoms with Crippen molar-refractivity contribution in [1.29, 1.82) is 0 Å². The SMILES string of the molecule is CC1CCC(O)(CNc2ccccc2C(F)(F)F)CC1(C)C. The van der Waals surface area contributed by atoms with E-state index in [1.54, 1.807) is 6.07 Å². The number of hydrogen-bond acceptors (Lipinski definition) is 2. The lowest BCUT2D eigenvalue weighted by Crippen LogP contribution is -2.47. The van der Waals surface area contributed by atoms with Gasteiger partial charge >= 0.3 is 6.18 Å². The number of aliphatic hydroxyl groups is 1. The van der Waals surface area contributed by atoms with Gasteiger partial charge in [-0.25, -0.2) is 0 Å². The number of benzene rings is 1. The van der Waals surface area contributed by atoms with Gasteiger partial charge in [0.05, 0.1) is 11.2 Å². The van der Waals surface area contributed by atoms with Gasteiger partial charge in [-0.15, -0.1) is 0 Å². The van der Waals surface area contributed by atoms with Crippen LogP contribution in [-0.2, 0) is 6.18 Å². The number of hydrogen-bond donors (Lipinski definition) is 2. The van der Waals surface area contributed by atoms with Crippen molar-refractivity contribution in [2.45, 2.75) is 51.8 Å². The molecule has 0 amide bonds. The molecule has 0 spiro atoms. The summed E-state index contributed by atoms with van der Waals surface area (Å²) in [6, 6.07) is 5.39. The van der Waals surface area contributed by atoms with Gasteiger partial charge in [0, 0.05) is 12.2 Å². The molecule has 0 aromatic heterocycles. The summed E-state index contributed by atoms with van der Waals surface area (Å²) in [6.07, 6.45) is -2.32. The van der Waals surface area contributed by atoms with E-state index < -0.39 is 17.3 Å². The molecule has 2 rings (SSSR count). The highest BCUT2D eigenvalue weighted by molar-refractivity contribution is 5.52. The Labute approximate surface area is 129 Å². The van der Waals surface area contributed by atoms with Gasteiger partial charge < -0.3 is 10.4 Å². The predicted molar refractivity (Wildman–Crippen MR) is 81.7 cm³/mol. The van der Waals surface area contributed by atoms with Crippen LogP contribution in [0, 0.1) is 11.3 Å². The second kappa shape index (κ2) is 5.76. The first-order valence-electron chi connectivity index (χ1n) is 7.66.